The Hall–Kier alpha value is -1.95. The molecule has 6 nitrogen and oxygen atoms in total. The maximum atomic E-state index is 5.07. The molecule has 2 N–H and O–H groups in total. The lowest BCUT2D eigenvalue weighted by atomic mass is 10.2. The first-order valence-corrected chi connectivity index (χ1v) is 6.30. The SMILES string of the molecule is COc1cc(-c2ncc(CNCC(C)C)[nH]2)ncn1. The summed E-state index contributed by atoms with van der Waals surface area (Å²) in [7, 11) is 1.58. The van der Waals surface area contributed by atoms with Gasteiger partial charge in [-0.25, -0.2) is 15.0 Å². The maximum absolute atomic E-state index is 5.07. The van der Waals surface area contributed by atoms with Crippen molar-refractivity contribution in [1.82, 2.24) is 25.3 Å². The van der Waals surface area contributed by atoms with E-state index in [9.17, 15) is 0 Å². The molecule has 0 fully saturated rings. The van der Waals surface area contributed by atoms with Crippen LogP contribution in [0.1, 0.15) is 19.5 Å². The quantitative estimate of drug-likeness (QED) is 0.826. The zero-order valence-corrected chi connectivity index (χ0v) is 11.5. The van der Waals surface area contributed by atoms with Crippen molar-refractivity contribution >= 4 is 0 Å². The first-order chi connectivity index (χ1) is 9.19. The van der Waals surface area contributed by atoms with E-state index in [0.29, 0.717) is 11.8 Å². The van der Waals surface area contributed by atoms with Gasteiger partial charge in [-0.15, -0.1) is 0 Å². The monoisotopic (exact) mass is 261 g/mol. The van der Waals surface area contributed by atoms with E-state index in [0.717, 1.165) is 30.3 Å². The fourth-order valence-corrected chi connectivity index (χ4v) is 1.66. The van der Waals surface area contributed by atoms with Crippen LogP contribution in [-0.4, -0.2) is 33.6 Å². The van der Waals surface area contributed by atoms with Crippen LogP contribution in [-0.2, 0) is 6.54 Å². The summed E-state index contributed by atoms with van der Waals surface area (Å²) in [4.78, 5) is 15.7. The largest absolute Gasteiger partial charge is 0.481 e. The van der Waals surface area contributed by atoms with Crippen LogP contribution < -0.4 is 10.1 Å². The molecule has 2 aromatic heterocycles. The Morgan fingerprint density at radius 3 is 2.89 bits per heavy atom. The van der Waals surface area contributed by atoms with E-state index in [1.165, 1.54) is 6.33 Å². The minimum Gasteiger partial charge on any atom is -0.481 e. The molecule has 0 bridgehead atoms. The van der Waals surface area contributed by atoms with Gasteiger partial charge in [-0.2, -0.15) is 0 Å². The Balaban J connectivity index is 2.03. The highest BCUT2D eigenvalue weighted by Crippen LogP contribution is 2.16. The van der Waals surface area contributed by atoms with E-state index in [2.05, 4.69) is 39.1 Å². The smallest absolute Gasteiger partial charge is 0.216 e. The summed E-state index contributed by atoms with van der Waals surface area (Å²) in [5, 5.41) is 3.36. The number of methoxy groups -OCH3 is 1. The molecule has 2 rings (SSSR count). The molecule has 0 aliphatic carbocycles. The van der Waals surface area contributed by atoms with Gasteiger partial charge in [0.2, 0.25) is 5.88 Å². The van der Waals surface area contributed by atoms with Gasteiger partial charge in [-0.1, -0.05) is 13.8 Å². The van der Waals surface area contributed by atoms with Crippen molar-refractivity contribution in [2.24, 2.45) is 5.92 Å². The van der Waals surface area contributed by atoms with E-state index < -0.39 is 0 Å². The number of aromatic amines is 1. The molecule has 0 aliphatic rings. The Kier molecular flexibility index (Phi) is 4.46. The molecule has 0 saturated heterocycles. The second-order valence-electron chi connectivity index (χ2n) is 4.73. The van der Waals surface area contributed by atoms with Crippen molar-refractivity contribution in [3.63, 3.8) is 0 Å². The molecule has 0 aromatic carbocycles. The van der Waals surface area contributed by atoms with Gasteiger partial charge in [0.25, 0.3) is 0 Å². The van der Waals surface area contributed by atoms with Gasteiger partial charge in [0, 0.05) is 18.3 Å². The van der Waals surface area contributed by atoms with Gasteiger partial charge >= 0.3 is 0 Å². The van der Waals surface area contributed by atoms with Crippen molar-refractivity contribution in [2.45, 2.75) is 20.4 Å². The van der Waals surface area contributed by atoms with Crippen molar-refractivity contribution in [2.75, 3.05) is 13.7 Å². The van der Waals surface area contributed by atoms with Gasteiger partial charge < -0.3 is 15.0 Å². The zero-order valence-electron chi connectivity index (χ0n) is 11.5. The van der Waals surface area contributed by atoms with Crippen LogP contribution >= 0.6 is 0 Å². The van der Waals surface area contributed by atoms with Crippen molar-refractivity contribution < 1.29 is 4.74 Å². The number of hydrogen-bond donors (Lipinski definition) is 2. The van der Waals surface area contributed by atoms with Crippen LogP contribution in [0.15, 0.2) is 18.6 Å². The summed E-state index contributed by atoms with van der Waals surface area (Å²) in [5.74, 6) is 1.89. The van der Waals surface area contributed by atoms with Gasteiger partial charge in [0.15, 0.2) is 5.82 Å². The summed E-state index contributed by atoms with van der Waals surface area (Å²) in [5.41, 5.74) is 1.76. The summed E-state index contributed by atoms with van der Waals surface area (Å²) >= 11 is 0. The zero-order chi connectivity index (χ0) is 13.7. The summed E-state index contributed by atoms with van der Waals surface area (Å²) in [6, 6.07) is 1.75. The number of rotatable bonds is 6. The van der Waals surface area contributed by atoms with Crippen molar-refractivity contribution in [3.8, 4) is 17.4 Å². The minimum atomic E-state index is 0.529. The molecule has 2 aromatic rings. The molecule has 0 saturated carbocycles. The first kappa shape index (κ1) is 13.5. The fraction of sp³-hybridized carbons (Fsp3) is 0.462. The second-order valence-corrected chi connectivity index (χ2v) is 4.73. The first-order valence-electron chi connectivity index (χ1n) is 6.30. The van der Waals surface area contributed by atoms with Crippen LogP contribution in [0.25, 0.3) is 11.5 Å². The molecule has 2 heterocycles. The summed E-state index contributed by atoms with van der Waals surface area (Å²) in [6.45, 7) is 6.11. The Morgan fingerprint density at radius 2 is 2.16 bits per heavy atom. The molecule has 0 spiro atoms. The highest BCUT2D eigenvalue weighted by Gasteiger charge is 2.06. The maximum Gasteiger partial charge on any atom is 0.216 e. The number of nitrogens with one attached hydrogen (secondary N) is 2. The van der Waals surface area contributed by atoms with Crippen LogP contribution in [0.3, 0.4) is 0 Å². The third-order valence-electron chi connectivity index (χ3n) is 2.59. The lowest BCUT2D eigenvalue weighted by molar-refractivity contribution is 0.397. The van der Waals surface area contributed by atoms with E-state index >= 15 is 0 Å². The highest BCUT2D eigenvalue weighted by molar-refractivity contribution is 5.50. The summed E-state index contributed by atoms with van der Waals surface area (Å²) < 4.78 is 5.07. The van der Waals surface area contributed by atoms with Gasteiger partial charge in [-0.3, -0.25) is 0 Å². The third-order valence-corrected chi connectivity index (χ3v) is 2.59. The number of nitrogens with zero attached hydrogens (tertiary/aromatic N) is 3. The van der Waals surface area contributed by atoms with E-state index in [4.69, 9.17) is 4.74 Å². The standard InChI is InChI=1S/C13H19N5O/c1-9(2)5-14-6-10-7-15-13(18-10)11-4-12(19-3)17-8-16-11/h4,7-9,14H,5-6H2,1-3H3,(H,15,18). The molecule has 0 atom stereocenters. The summed E-state index contributed by atoms with van der Waals surface area (Å²) in [6.07, 6.45) is 3.28. The van der Waals surface area contributed by atoms with Crippen LogP contribution in [0, 0.1) is 5.92 Å². The van der Waals surface area contributed by atoms with Gasteiger partial charge in [0.1, 0.15) is 12.0 Å². The molecular weight excluding hydrogens is 242 g/mol. The lowest BCUT2D eigenvalue weighted by Gasteiger charge is -2.05. The molecule has 0 amide bonds. The number of hydrogen-bond acceptors (Lipinski definition) is 5. The normalized spacial score (nSPS) is 10.9. The van der Waals surface area contributed by atoms with E-state index in [1.54, 1.807) is 13.2 Å². The predicted octanol–water partition coefficient (Wildman–Crippen LogP) is 1.62. The molecule has 0 unspecified atom stereocenters. The molecular formula is C13H19N5O. The molecule has 19 heavy (non-hydrogen) atoms. The lowest BCUT2D eigenvalue weighted by Crippen LogP contribution is -2.19. The second kappa shape index (κ2) is 6.29. The molecule has 0 aliphatic heterocycles. The third kappa shape index (κ3) is 3.75. The fourth-order valence-electron chi connectivity index (χ4n) is 1.66. The number of imidazole rings is 1. The number of aromatic nitrogens is 4. The van der Waals surface area contributed by atoms with Gasteiger partial charge in [0.05, 0.1) is 13.3 Å². The van der Waals surface area contributed by atoms with Crippen molar-refractivity contribution in [1.29, 1.82) is 0 Å². The minimum absolute atomic E-state index is 0.529. The topological polar surface area (TPSA) is 75.7 Å². The predicted molar refractivity (Wildman–Crippen MR) is 72.7 cm³/mol. The van der Waals surface area contributed by atoms with Crippen LogP contribution in [0.5, 0.6) is 5.88 Å². The Bertz CT molecular complexity index is 523. The van der Waals surface area contributed by atoms with E-state index in [1.807, 2.05) is 6.20 Å². The number of ether oxygens (including phenoxy) is 1. The Morgan fingerprint density at radius 1 is 1.32 bits per heavy atom. The van der Waals surface area contributed by atoms with Crippen molar-refractivity contribution in [3.05, 3.63) is 24.3 Å². The number of H-pyrrole nitrogens is 1. The molecule has 0 radical (unpaired) electrons. The Labute approximate surface area is 112 Å². The highest BCUT2D eigenvalue weighted by atomic mass is 16.5. The van der Waals surface area contributed by atoms with Crippen LogP contribution in [0.4, 0.5) is 0 Å². The average molecular weight is 261 g/mol. The molecule has 6 heteroatoms. The van der Waals surface area contributed by atoms with E-state index in [-0.39, 0.29) is 0 Å². The average Bonchev–Trinajstić information content (AvgIpc) is 2.87. The van der Waals surface area contributed by atoms with Crippen LogP contribution in [0.2, 0.25) is 0 Å². The van der Waals surface area contributed by atoms with Gasteiger partial charge in [-0.05, 0) is 12.5 Å². The molecule has 102 valence electrons.